The largest absolute Gasteiger partial charge is 0.467 e. The van der Waals surface area contributed by atoms with Gasteiger partial charge in [0.2, 0.25) is 5.91 Å². The molecule has 2 amide bonds. The van der Waals surface area contributed by atoms with Crippen LogP contribution in [0.1, 0.15) is 77.0 Å². The number of hydrogen-bond donors (Lipinski definition) is 2. The number of carbonyl (C=O) groups excluding carboxylic acids is 3. The van der Waals surface area contributed by atoms with Gasteiger partial charge in [0.15, 0.2) is 0 Å². The van der Waals surface area contributed by atoms with Crippen LogP contribution in [0.2, 0.25) is 0 Å². The van der Waals surface area contributed by atoms with Gasteiger partial charge >= 0.3 is 12.1 Å². The lowest BCUT2D eigenvalue weighted by atomic mass is 10.0. The minimum atomic E-state index is -0.863. The highest BCUT2D eigenvalue weighted by atomic mass is 16.6. The van der Waals surface area contributed by atoms with E-state index in [0.29, 0.717) is 13.0 Å². The number of anilines is 1. The highest BCUT2D eigenvalue weighted by Crippen LogP contribution is 2.21. The second-order valence-electron chi connectivity index (χ2n) is 11.0. The minimum Gasteiger partial charge on any atom is -0.467 e. The summed E-state index contributed by atoms with van der Waals surface area (Å²) in [5, 5.41) is 6.16. The van der Waals surface area contributed by atoms with Crippen molar-refractivity contribution in [3.8, 4) is 0 Å². The van der Waals surface area contributed by atoms with E-state index in [0.717, 1.165) is 69.4 Å². The Balaban J connectivity index is 1.41. The van der Waals surface area contributed by atoms with Crippen LogP contribution in [0, 0.1) is 0 Å². The van der Waals surface area contributed by atoms with Crippen LogP contribution in [0.4, 0.5) is 10.6 Å². The molecule has 2 atom stereocenters. The Labute approximate surface area is 226 Å². The van der Waals surface area contributed by atoms with Gasteiger partial charge in [0.25, 0.3) is 0 Å². The second-order valence-corrected chi connectivity index (χ2v) is 11.0. The van der Waals surface area contributed by atoms with Crippen LogP contribution in [-0.4, -0.2) is 79.0 Å². The lowest BCUT2D eigenvalue weighted by molar-refractivity contribution is -0.147. The van der Waals surface area contributed by atoms with Crippen LogP contribution in [0.25, 0.3) is 0 Å². The van der Waals surface area contributed by atoms with Gasteiger partial charge in [-0.25, -0.2) is 14.6 Å². The average Bonchev–Trinajstić information content (AvgIpc) is 2.90. The summed E-state index contributed by atoms with van der Waals surface area (Å²) in [6, 6.07) is 2.69. The van der Waals surface area contributed by atoms with Crippen molar-refractivity contribution >= 4 is 23.8 Å². The molecule has 2 aliphatic heterocycles. The van der Waals surface area contributed by atoms with Crippen molar-refractivity contribution in [1.29, 1.82) is 0 Å². The molecule has 0 aliphatic carbocycles. The van der Waals surface area contributed by atoms with Crippen molar-refractivity contribution in [2.24, 2.45) is 0 Å². The predicted molar refractivity (Wildman–Crippen MR) is 144 cm³/mol. The van der Waals surface area contributed by atoms with E-state index >= 15 is 0 Å². The summed E-state index contributed by atoms with van der Waals surface area (Å²) < 4.78 is 15.8. The maximum atomic E-state index is 13.0. The highest BCUT2D eigenvalue weighted by molar-refractivity contribution is 5.90. The number of morpholine rings is 1. The Morgan fingerprint density at radius 3 is 2.71 bits per heavy atom. The first-order valence-corrected chi connectivity index (χ1v) is 13.9. The van der Waals surface area contributed by atoms with Gasteiger partial charge in [-0.15, -0.1) is 0 Å². The molecule has 2 N–H and O–H groups in total. The molecule has 1 saturated heterocycles. The fraction of sp³-hybridized carbons (Fsp3) is 0.714. The lowest BCUT2D eigenvalue weighted by Gasteiger charge is -2.36. The van der Waals surface area contributed by atoms with E-state index in [-0.39, 0.29) is 13.2 Å². The number of rotatable bonds is 11. The van der Waals surface area contributed by atoms with Crippen LogP contribution in [-0.2, 0) is 36.6 Å². The SMILES string of the molecule is COC(=O)[C@H](CCCCCCCc1ccc2c(n1)NCCC2)NC(=O)[C@@H]1COCCN1C(=O)OC(C)(C)C. The molecule has 38 heavy (non-hydrogen) atoms. The maximum Gasteiger partial charge on any atom is 0.411 e. The fourth-order valence-electron chi connectivity index (χ4n) is 4.71. The molecular formula is C28H44N4O6. The van der Waals surface area contributed by atoms with Gasteiger partial charge in [0, 0.05) is 18.8 Å². The summed E-state index contributed by atoms with van der Waals surface area (Å²) in [5.74, 6) is 0.0997. The number of methoxy groups -OCH3 is 1. The molecule has 10 nitrogen and oxygen atoms in total. The number of pyridine rings is 1. The molecule has 1 aromatic heterocycles. The van der Waals surface area contributed by atoms with E-state index in [2.05, 4.69) is 22.8 Å². The average molecular weight is 533 g/mol. The Morgan fingerprint density at radius 2 is 1.95 bits per heavy atom. The van der Waals surface area contributed by atoms with Crippen LogP contribution in [0.15, 0.2) is 12.1 Å². The Kier molecular flexibility index (Phi) is 11.2. The van der Waals surface area contributed by atoms with E-state index in [1.807, 2.05) is 0 Å². The van der Waals surface area contributed by atoms with E-state index in [1.165, 1.54) is 17.6 Å². The summed E-state index contributed by atoms with van der Waals surface area (Å²) in [6.07, 6.45) is 8.00. The monoisotopic (exact) mass is 532 g/mol. The van der Waals surface area contributed by atoms with Gasteiger partial charge < -0.3 is 24.8 Å². The van der Waals surface area contributed by atoms with Crippen molar-refractivity contribution in [3.05, 3.63) is 23.4 Å². The molecule has 0 radical (unpaired) electrons. The van der Waals surface area contributed by atoms with Gasteiger partial charge in [-0.1, -0.05) is 31.7 Å². The number of unbranched alkanes of at least 4 members (excludes halogenated alkanes) is 4. The number of fused-ring (bicyclic) bond motifs is 1. The van der Waals surface area contributed by atoms with E-state index < -0.39 is 35.7 Å². The molecule has 10 heteroatoms. The Hall–Kier alpha value is -2.88. The fourth-order valence-corrected chi connectivity index (χ4v) is 4.71. The van der Waals surface area contributed by atoms with Crippen LogP contribution >= 0.6 is 0 Å². The highest BCUT2D eigenvalue weighted by Gasteiger charge is 2.37. The summed E-state index contributed by atoms with van der Waals surface area (Å²) in [5.41, 5.74) is 1.75. The van der Waals surface area contributed by atoms with Gasteiger partial charge in [-0.3, -0.25) is 9.69 Å². The molecule has 0 spiro atoms. The molecule has 0 bridgehead atoms. The van der Waals surface area contributed by atoms with Gasteiger partial charge in [-0.2, -0.15) is 0 Å². The van der Waals surface area contributed by atoms with Crippen molar-refractivity contribution in [2.75, 3.05) is 38.7 Å². The molecule has 0 saturated carbocycles. The van der Waals surface area contributed by atoms with Crippen molar-refractivity contribution in [3.63, 3.8) is 0 Å². The number of nitrogens with zero attached hydrogens (tertiary/aromatic N) is 2. The van der Waals surface area contributed by atoms with Crippen LogP contribution in [0.5, 0.6) is 0 Å². The molecule has 0 aromatic carbocycles. The first kappa shape index (κ1) is 29.7. The first-order valence-electron chi connectivity index (χ1n) is 13.9. The number of aryl methyl sites for hydroxylation is 2. The van der Waals surface area contributed by atoms with E-state index in [9.17, 15) is 14.4 Å². The zero-order valence-electron chi connectivity index (χ0n) is 23.3. The molecule has 0 unspecified atom stereocenters. The van der Waals surface area contributed by atoms with Crippen molar-refractivity contribution in [2.45, 2.75) is 96.2 Å². The molecule has 1 aromatic rings. The van der Waals surface area contributed by atoms with Crippen LogP contribution in [0.3, 0.4) is 0 Å². The number of amides is 2. The molecule has 1 fully saturated rings. The quantitative estimate of drug-likeness (QED) is 0.328. The predicted octanol–water partition coefficient (Wildman–Crippen LogP) is 3.62. The summed E-state index contributed by atoms with van der Waals surface area (Å²) in [6.45, 7) is 6.93. The standard InChI is InChI=1S/C28H44N4O6/c1-28(2,3)38-27(35)32-17-18-37-19-23(32)25(33)31-22(26(34)36-4)13-9-7-5-6-8-12-21-15-14-20-11-10-16-29-24(20)30-21/h14-15,22-23H,5-13,16-19H2,1-4H3,(H,29,30)(H,31,33)/t22-,23-/m0/s1. The van der Waals surface area contributed by atoms with Gasteiger partial charge in [0.05, 0.1) is 20.3 Å². The first-order chi connectivity index (χ1) is 18.2. The Bertz CT molecular complexity index is 948. The number of esters is 1. The summed E-state index contributed by atoms with van der Waals surface area (Å²) >= 11 is 0. The number of nitrogens with one attached hydrogen (secondary N) is 2. The summed E-state index contributed by atoms with van der Waals surface area (Å²) in [4.78, 5) is 44.2. The Morgan fingerprint density at radius 1 is 1.18 bits per heavy atom. The van der Waals surface area contributed by atoms with Crippen LogP contribution < -0.4 is 10.6 Å². The molecular weight excluding hydrogens is 488 g/mol. The normalized spacial score (nSPS) is 18.1. The number of aromatic nitrogens is 1. The smallest absolute Gasteiger partial charge is 0.411 e. The zero-order valence-corrected chi connectivity index (χ0v) is 23.3. The molecule has 2 aliphatic rings. The van der Waals surface area contributed by atoms with E-state index in [4.69, 9.17) is 19.2 Å². The van der Waals surface area contributed by atoms with Gasteiger partial charge in [0.1, 0.15) is 23.5 Å². The number of ether oxygens (including phenoxy) is 3. The third-order valence-electron chi connectivity index (χ3n) is 6.74. The number of hydrogen-bond acceptors (Lipinski definition) is 8. The van der Waals surface area contributed by atoms with E-state index in [1.54, 1.807) is 20.8 Å². The maximum absolute atomic E-state index is 13.0. The number of carbonyl (C=O) groups is 3. The summed E-state index contributed by atoms with van der Waals surface area (Å²) in [7, 11) is 1.31. The topological polar surface area (TPSA) is 119 Å². The molecule has 3 rings (SSSR count). The second kappa shape index (κ2) is 14.3. The van der Waals surface area contributed by atoms with Crippen molar-refractivity contribution in [1.82, 2.24) is 15.2 Å². The molecule has 3 heterocycles. The third kappa shape index (κ3) is 9.15. The zero-order chi connectivity index (χ0) is 27.5. The van der Waals surface area contributed by atoms with Gasteiger partial charge in [-0.05, 0) is 64.5 Å². The van der Waals surface area contributed by atoms with Crippen molar-refractivity contribution < 1.29 is 28.6 Å². The molecule has 212 valence electrons. The third-order valence-corrected chi connectivity index (χ3v) is 6.74. The minimum absolute atomic E-state index is 0.0497. The lowest BCUT2D eigenvalue weighted by Crippen LogP contribution is -2.58.